The molecule has 0 aliphatic rings. The number of carbonyl (C=O) groups is 3. The van der Waals surface area contributed by atoms with E-state index in [-0.39, 0.29) is 34.9 Å². The Morgan fingerprint density at radius 1 is 0.875 bits per heavy atom. The van der Waals surface area contributed by atoms with Gasteiger partial charge in [-0.1, -0.05) is 0 Å². The number of hydrogen-bond acceptors (Lipinski definition) is 5. The zero-order chi connectivity index (χ0) is 23.3. The molecule has 2 heterocycles. The zero-order valence-electron chi connectivity index (χ0n) is 16.1. The first-order valence-corrected chi connectivity index (χ1v) is 8.28. The number of nitrogens with zero attached hydrogens (tertiary/aromatic N) is 3. The Morgan fingerprint density at radius 2 is 1.41 bits per heavy atom. The molecule has 170 valence electrons. The summed E-state index contributed by atoms with van der Waals surface area (Å²) in [5.41, 5.74) is -0.333. The van der Waals surface area contributed by atoms with Crippen molar-refractivity contribution in [2.45, 2.75) is 13.1 Å². The van der Waals surface area contributed by atoms with Gasteiger partial charge in [0, 0.05) is 12.4 Å². The van der Waals surface area contributed by atoms with Crippen molar-refractivity contribution in [1.82, 2.24) is 14.8 Å². The van der Waals surface area contributed by atoms with Gasteiger partial charge in [-0.2, -0.15) is 18.3 Å². The van der Waals surface area contributed by atoms with Crippen molar-refractivity contribution >= 4 is 30.3 Å². The second-order valence-corrected chi connectivity index (χ2v) is 6.08. The largest absolute Gasteiger partial charge is 0.478 e. The van der Waals surface area contributed by atoms with Crippen LogP contribution in [0.2, 0.25) is 0 Å². The predicted octanol–water partition coefficient (Wildman–Crippen LogP) is 3.80. The lowest BCUT2D eigenvalue weighted by Crippen LogP contribution is -2.07. The SMILES string of the molecule is Cc1cc(C(=O)O)cc(C(=O)O)c1.Cl.O=C(O)c1cnn(-c2ccc(C(F)(F)F)cn2)c1. The van der Waals surface area contributed by atoms with Gasteiger partial charge in [-0.15, -0.1) is 12.4 Å². The van der Waals surface area contributed by atoms with Crippen LogP contribution in [0.25, 0.3) is 5.82 Å². The minimum absolute atomic E-state index is 0. The number of hydrogen-bond donors (Lipinski definition) is 3. The Morgan fingerprint density at radius 3 is 1.78 bits per heavy atom. The van der Waals surface area contributed by atoms with Gasteiger partial charge in [-0.05, 0) is 42.8 Å². The van der Waals surface area contributed by atoms with Crippen LogP contribution in [0.5, 0.6) is 0 Å². The van der Waals surface area contributed by atoms with E-state index in [1.807, 2.05) is 0 Å². The second-order valence-electron chi connectivity index (χ2n) is 6.08. The number of halogens is 4. The van der Waals surface area contributed by atoms with Crippen LogP contribution in [0.3, 0.4) is 0 Å². The van der Waals surface area contributed by atoms with Gasteiger partial charge in [-0.3, -0.25) is 0 Å². The molecule has 0 atom stereocenters. The van der Waals surface area contributed by atoms with Gasteiger partial charge in [0.05, 0.1) is 28.5 Å². The van der Waals surface area contributed by atoms with Gasteiger partial charge in [-0.25, -0.2) is 24.0 Å². The van der Waals surface area contributed by atoms with Gasteiger partial charge < -0.3 is 15.3 Å². The highest BCUT2D eigenvalue weighted by Crippen LogP contribution is 2.28. The number of pyridine rings is 1. The molecule has 3 rings (SSSR count). The fraction of sp³-hybridized carbons (Fsp3) is 0.105. The maximum absolute atomic E-state index is 12.3. The quantitative estimate of drug-likeness (QED) is 0.519. The molecule has 0 spiro atoms. The lowest BCUT2D eigenvalue weighted by molar-refractivity contribution is -0.137. The molecule has 0 unspecified atom stereocenters. The van der Waals surface area contributed by atoms with Crippen molar-refractivity contribution in [3.8, 4) is 5.82 Å². The van der Waals surface area contributed by atoms with Crippen LogP contribution in [0, 0.1) is 6.92 Å². The fourth-order valence-corrected chi connectivity index (χ4v) is 2.28. The lowest BCUT2D eigenvalue weighted by Gasteiger charge is -2.06. The first-order valence-electron chi connectivity index (χ1n) is 8.28. The molecule has 0 bridgehead atoms. The fourth-order valence-electron chi connectivity index (χ4n) is 2.28. The van der Waals surface area contributed by atoms with Crippen molar-refractivity contribution in [2.75, 3.05) is 0 Å². The van der Waals surface area contributed by atoms with Gasteiger partial charge in [0.25, 0.3) is 0 Å². The van der Waals surface area contributed by atoms with Gasteiger partial charge in [0.15, 0.2) is 5.82 Å². The van der Waals surface area contributed by atoms with Crippen molar-refractivity contribution in [2.24, 2.45) is 0 Å². The van der Waals surface area contributed by atoms with Crippen LogP contribution in [0.15, 0.2) is 48.9 Å². The molecule has 2 aromatic heterocycles. The van der Waals surface area contributed by atoms with Crippen LogP contribution in [-0.2, 0) is 6.18 Å². The third-order valence-electron chi connectivity index (χ3n) is 3.71. The van der Waals surface area contributed by atoms with E-state index in [9.17, 15) is 27.6 Å². The van der Waals surface area contributed by atoms with E-state index in [1.54, 1.807) is 6.92 Å². The summed E-state index contributed by atoms with van der Waals surface area (Å²) in [5.74, 6) is -3.30. The molecule has 0 fully saturated rings. The highest BCUT2D eigenvalue weighted by atomic mass is 35.5. The molecule has 3 N–H and O–H groups in total. The average Bonchev–Trinajstić information content (AvgIpc) is 3.18. The average molecular weight is 474 g/mol. The maximum Gasteiger partial charge on any atom is 0.417 e. The molecule has 32 heavy (non-hydrogen) atoms. The van der Waals surface area contributed by atoms with Gasteiger partial charge in [0.1, 0.15) is 0 Å². The highest BCUT2D eigenvalue weighted by molar-refractivity contribution is 5.94. The van der Waals surface area contributed by atoms with Crippen molar-refractivity contribution in [3.63, 3.8) is 0 Å². The Balaban J connectivity index is 0.000000327. The summed E-state index contributed by atoms with van der Waals surface area (Å²) in [5, 5.41) is 29.6. The Kier molecular flexibility index (Phi) is 8.48. The third kappa shape index (κ3) is 6.80. The Labute approximate surface area is 184 Å². The number of carboxylic acids is 3. The molecule has 13 heteroatoms. The van der Waals surface area contributed by atoms with E-state index in [1.165, 1.54) is 12.1 Å². The number of benzene rings is 1. The van der Waals surface area contributed by atoms with Crippen LogP contribution in [0.4, 0.5) is 13.2 Å². The van der Waals surface area contributed by atoms with E-state index < -0.39 is 29.6 Å². The number of alkyl halides is 3. The molecule has 0 saturated carbocycles. The summed E-state index contributed by atoms with van der Waals surface area (Å²) in [7, 11) is 0. The first-order chi connectivity index (χ1) is 14.4. The van der Waals surface area contributed by atoms with Crippen molar-refractivity contribution in [3.05, 3.63) is 76.7 Å². The monoisotopic (exact) mass is 473 g/mol. The molecule has 0 aliphatic heterocycles. The third-order valence-corrected chi connectivity index (χ3v) is 3.71. The number of carboxylic acid groups (broad SMARTS) is 3. The van der Waals surface area contributed by atoms with Crippen molar-refractivity contribution < 1.29 is 42.9 Å². The van der Waals surface area contributed by atoms with E-state index in [2.05, 4.69) is 10.1 Å². The minimum atomic E-state index is -4.46. The molecule has 0 radical (unpaired) electrons. The first kappa shape index (κ1) is 26.1. The molecule has 9 nitrogen and oxygen atoms in total. The van der Waals surface area contributed by atoms with E-state index in [4.69, 9.17) is 15.3 Å². The van der Waals surface area contributed by atoms with Crippen LogP contribution in [0.1, 0.15) is 42.2 Å². The van der Waals surface area contributed by atoms with Gasteiger partial charge in [0.2, 0.25) is 0 Å². The topological polar surface area (TPSA) is 143 Å². The molecule has 0 amide bonds. The number of aryl methyl sites for hydroxylation is 1. The molecular weight excluding hydrogens is 459 g/mol. The summed E-state index contributed by atoms with van der Waals surface area (Å²) in [6.07, 6.45) is -1.54. The standard InChI is InChI=1S/C10H6F3N3O2.C9H8O4.ClH/c11-10(12,13)7-1-2-8(14-4-7)16-5-6(3-15-16)9(17)18;1-5-2-6(8(10)11)4-7(3-5)9(12)13;/h1-5H,(H,17,18);2-4H,1H3,(H,10,11)(H,12,13);1H. The molecule has 0 saturated heterocycles. The normalized spacial score (nSPS) is 10.4. The summed E-state index contributed by atoms with van der Waals surface area (Å²) in [4.78, 5) is 35.3. The summed E-state index contributed by atoms with van der Waals surface area (Å²) < 4.78 is 38.0. The number of aromatic carboxylic acids is 3. The smallest absolute Gasteiger partial charge is 0.417 e. The molecule has 0 aliphatic carbocycles. The van der Waals surface area contributed by atoms with E-state index in [0.717, 1.165) is 35.3 Å². The summed E-state index contributed by atoms with van der Waals surface area (Å²) >= 11 is 0. The lowest BCUT2D eigenvalue weighted by atomic mass is 10.1. The Hall–Kier alpha value is -3.93. The summed E-state index contributed by atoms with van der Waals surface area (Å²) in [6.45, 7) is 1.65. The van der Waals surface area contributed by atoms with Gasteiger partial charge >= 0.3 is 24.1 Å². The van der Waals surface area contributed by atoms with Crippen LogP contribution < -0.4 is 0 Å². The summed E-state index contributed by atoms with van der Waals surface area (Å²) in [6, 6.07) is 5.95. The van der Waals surface area contributed by atoms with E-state index in [0.29, 0.717) is 11.8 Å². The van der Waals surface area contributed by atoms with Crippen LogP contribution in [-0.4, -0.2) is 48.0 Å². The van der Waals surface area contributed by atoms with E-state index >= 15 is 0 Å². The zero-order valence-corrected chi connectivity index (χ0v) is 16.9. The minimum Gasteiger partial charge on any atom is -0.478 e. The molecule has 3 aromatic rings. The molecular formula is C19H15ClF3N3O6. The number of aromatic nitrogens is 3. The highest BCUT2D eigenvalue weighted by Gasteiger charge is 2.30. The van der Waals surface area contributed by atoms with Crippen molar-refractivity contribution in [1.29, 1.82) is 0 Å². The maximum atomic E-state index is 12.3. The second kappa shape index (κ2) is 10.4. The molecule has 1 aromatic carbocycles. The van der Waals surface area contributed by atoms with Crippen LogP contribution >= 0.6 is 12.4 Å². The number of rotatable bonds is 4. The Bertz CT molecular complexity index is 1100. The predicted molar refractivity (Wildman–Crippen MR) is 106 cm³/mol.